The number of piperidine rings is 1. The molecule has 4 heterocycles. The lowest BCUT2D eigenvalue weighted by Gasteiger charge is -2.34. The van der Waals surface area contributed by atoms with E-state index in [-0.39, 0.29) is 17.9 Å². The van der Waals surface area contributed by atoms with Gasteiger partial charge in [-0.2, -0.15) is 10.2 Å². The van der Waals surface area contributed by atoms with E-state index < -0.39 is 0 Å². The van der Waals surface area contributed by atoms with Gasteiger partial charge in [-0.1, -0.05) is 36.4 Å². The molecule has 1 fully saturated rings. The normalized spacial score (nSPS) is 15.5. The molecule has 1 aliphatic heterocycles. The summed E-state index contributed by atoms with van der Waals surface area (Å²) in [4.78, 5) is 24.4. The molecular weight excluding hydrogens is 536 g/mol. The third-order valence-corrected chi connectivity index (χ3v) is 7.89. The minimum Gasteiger partial charge on any atom is -0.436 e. The van der Waals surface area contributed by atoms with E-state index in [1.54, 1.807) is 25.3 Å². The topological polar surface area (TPSA) is 135 Å². The van der Waals surface area contributed by atoms with Crippen molar-refractivity contribution in [3.05, 3.63) is 89.7 Å². The Labute approximate surface area is 240 Å². The van der Waals surface area contributed by atoms with E-state index >= 15 is 0 Å². The molecule has 206 valence electrons. The van der Waals surface area contributed by atoms with E-state index in [4.69, 9.17) is 10.3 Å². The summed E-state index contributed by atoms with van der Waals surface area (Å²) in [6, 6.07) is 19.4. The van der Waals surface area contributed by atoms with Crippen LogP contribution in [0.1, 0.15) is 41.9 Å². The summed E-state index contributed by atoms with van der Waals surface area (Å²) < 4.78 is 10.2. The number of hydrogen-bond acceptors (Lipinski definition) is 9. The fourth-order valence-electron chi connectivity index (χ4n) is 5.09. The predicted octanol–water partition coefficient (Wildman–Crippen LogP) is 6.35. The van der Waals surface area contributed by atoms with Gasteiger partial charge in [0.25, 0.3) is 5.91 Å². The fourth-order valence-corrected chi connectivity index (χ4v) is 5.64. The van der Waals surface area contributed by atoms with Crippen LogP contribution in [0.25, 0.3) is 33.7 Å². The molecule has 0 aliphatic carbocycles. The molecule has 2 aromatic carbocycles. The van der Waals surface area contributed by atoms with Crippen LogP contribution in [-0.4, -0.2) is 44.1 Å². The van der Waals surface area contributed by atoms with Crippen molar-refractivity contribution in [3.8, 4) is 22.6 Å². The Hall–Kier alpha value is -4.77. The number of fused-ring (bicyclic) bond motifs is 1. The molecule has 5 aromatic rings. The predicted molar refractivity (Wildman–Crippen MR) is 158 cm³/mol. The summed E-state index contributed by atoms with van der Waals surface area (Å²) in [5.41, 5.74) is 5.64. The fraction of sp³-hybridized carbons (Fsp3) is 0.233. The first kappa shape index (κ1) is 26.5. The van der Waals surface area contributed by atoms with Gasteiger partial charge in [0.05, 0.1) is 6.04 Å². The van der Waals surface area contributed by atoms with Crippen LogP contribution in [0.4, 0.5) is 0 Å². The van der Waals surface area contributed by atoms with E-state index in [1.807, 2.05) is 52.9 Å². The number of rotatable bonds is 6. The lowest BCUT2D eigenvalue weighted by molar-refractivity contribution is 0.0672. The number of azo groups is 1. The van der Waals surface area contributed by atoms with Crippen LogP contribution in [0.15, 0.2) is 98.2 Å². The number of aromatic nitrogens is 3. The van der Waals surface area contributed by atoms with Crippen molar-refractivity contribution in [1.29, 1.82) is 0 Å². The van der Waals surface area contributed by atoms with E-state index in [0.717, 1.165) is 35.0 Å². The first-order chi connectivity index (χ1) is 20.1. The van der Waals surface area contributed by atoms with Gasteiger partial charge in [-0.15, -0.1) is 5.11 Å². The molecule has 10 nitrogen and oxygen atoms in total. The van der Waals surface area contributed by atoms with E-state index in [1.165, 1.54) is 11.5 Å². The molecule has 0 radical (unpaired) electrons. The van der Waals surface area contributed by atoms with Crippen LogP contribution in [0.5, 0.6) is 0 Å². The number of oxazole rings is 1. The Balaban J connectivity index is 1.17. The van der Waals surface area contributed by atoms with Gasteiger partial charge < -0.3 is 15.2 Å². The van der Waals surface area contributed by atoms with Crippen LogP contribution in [-0.2, 0) is 0 Å². The first-order valence-electron chi connectivity index (χ1n) is 13.4. The molecule has 1 aliphatic rings. The number of likely N-dealkylation sites (tertiary alicyclic amines) is 1. The molecule has 0 bridgehead atoms. The second-order valence-corrected chi connectivity index (χ2v) is 10.6. The number of amidine groups is 1. The number of amides is 1. The Morgan fingerprint density at radius 1 is 1.07 bits per heavy atom. The maximum Gasteiger partial charge on any atom is 0.272 e. The minimum absolute atomic E-state index is 0.113. The van der Waals surface area contributed by atoms with Gasteiger partial charge in [0.1, 0.15) is 11.2 Å². The van der Waals surface area contributed by atoms with Gasteiger partial charge in [0.2, 0.25) is 5.89 Å². The van der Waals surface area contributed by atoms with E-state index in [2.05, 4.69) is 41.8 Å². The summed E-state index contributed by atoms with van der Waals surface area (Å²) >= 11 is 1.41. The Bertz CT molecular complexity index is 1710. The molecule has 1 saturated heterocycles. The second-order valence-electron chi connectivity index (χ2n) is 9.92. The summed E-state index contributed by atoms with van der Waals surface area (Å²) in [5.74, 6) is 6.33. The molecular formula is C30H28N8O2S. The zero-order chi connectivity index (χ0) is 28.2. The van der Waals surface area contributed by atoms with Gasteiger partial charge in [0, 0.05) is 42.0 Å². The van der Waals surface area contributed by atoms with Gasteiger partial charge in [0.15, 0.2) is 11.4 Å². The molecule has 3 aromatic heterocycles. The summed E-state index contributed by atoms with van der Waals surface area (Å²) in [7, 11) is 0. The SMILES string of the molecule is CC(N=NC(c1ccccc1)C1CCN(C(=O)c2cc(-c3nc4cc(-c5cnsc5)ccc4o3)ccn2)CC1)=NN. The molecule has 1 amide bonds. The molecule has 11 heteroatoms. The van der Waals surface area contributed by atoms with Crippen molar-refractivity contribution in [2.75, 3.05) is 13.1 Å². The second kappa shape index (κ2) is 11.8. The van der Waals surface area contributed by atoms with Crippen molar-refractivity contribution in [2.24, 2.45) is 27.1 Å². The third-order valence-electron chi connectivity index (χ3n) is 7.31. The highest BCUT2D eigenvalue weighted by Gasteiger charge is 2.30. The van der Waals surface area contributed by atoms with Crippen LogP contribution in [0.3, 0.4) is 0 Å². The van der Waals surface area contributed by atoms with Crippen molar-refractivity contribution < 1.29 is 9.21 Å². The van der Waals surface area contributed by atoms with Gasteiger partial charge in [-0.05, 0) is 72.6 Å². The van der Waals surface area contributed by atoms with Crippen LogP contribution >= 0.6 is 11.5 Å². The largest absolute Gasteiger partial charge is 0.436 e. The van der Waals surface area contributed by atoms with Crippen molar-refractivity contribution in [1.82, 2.24) is 19.2 Å². The van der Waals surface area contributed by atoms with E-state index in [9.17, 15) is 4.79 Å². The zero-order valence-electron chi connectivity index (χ0n) is 22.4. The molecule has 6 rings (SSSR count). The number of carbonyl (C=O) groups is 1. The van der Waals surface area contributed by atoms with Crippen LogP contribution in [0.2, 0.25) is 0 Å². The molecule has 1 unspecified atom stereocenters. The van der Waals surface area contributed by atoms with E-state index in [0.29, 0.717) is 41.7 Å². The molecule has 1 atom stereocenters. The Kier molecular flexibility index (Phi) is 7.59. The Morgan fingerprint density at radius 3 is 2.66 bits per heavy atom. The number of carbonyl (C=O) groups excluding carboxylic acids is 1. The van der Waals surface area contributed by atoms with Crippen LogP contribution < -0.4 is 5.84 Å². The summed E-state index contributed by atoms with van der Waals surface area (Å²) in [6.07, 6.45) is 5.03. The number of nitrogens with zero attached hydrogens (tertiary/aromatic N) is 7. The lowest BCUT2D eigenvalue weighted by atomic mass is 9.86. The van der Waals surface area contributed by atoms with Gasteiger partial charge >= 0.3 is 0 Å². The quantitative estimate of drug-likeness (QED) is 0.0839. The molecule has 2 N–H and O–H groups in total. The van der Waals surface area contributed by atoms with Gasteiger partial charge in [-0.3, -0.25) is 9.78 Å². The third kappa shape index (κ3) is 5.75. The Morgan fingerprint density at radius 2 is 1.90 bits per heavy atom. The smallest absolute Gasteiger partial charge is 0.272 e. The van der Waals surface area contributed by atoms with Gasteiger partial charge in [-0.25, -0.2) is 9.36 Å². The van der Waals surface area contributed by atoms with Crippen molar-refractivity contribution in [2.45, 2.75) is 25.8 Å². The van der Waals surface area contributed by atoms with Crippen LogP contribution in [0, 0.1) is 5.92 Å². The first-order valence-corrected chi connectivity index (χ1v) is 14.2. The monoisotopic (exact) mass is 564 g/mol. The zero-order valence-corrected chi connectivity index (χ0v) is 23.2. The lowest BCUT2D eigenvalue weighted by Crippen LogP contribution is -2.40. The number of benzene rings is 2. The highest BCUT2D eigenvalue weighted by Crippen LogP contribution is 2.35. The van der Waals surface area contributed by atoms with Crippen molar-refractivity contribution >= 4 is 34.4 Å². The number of hydrazone groups is 1. The highest BCUT2D eigenvalue weighted by molar-refractivity contribution is 7.03. The molecule has 41 heavy (non-hydrogen) atoms. The average Bonchev–Trinajstić information content (AvgIpc) is 3.72. The molecule has 0 saturated carbocycles. The van der Waals surface area contributed by atoms with Crippen molar-refractivity contribution in [3.63, 3.8) is 0 Å². The number of hydrogen-bond donors (Lipinski definition) is 1. The number of nitrogens with two attached hydrogens (primary N) is 1. The average molecular weight is 565 g/mol. The summed E-state index contributed by atoms with van der Waals surface area (Å²) in [6.45, 7) is 2.91. The standard InChI is InChI=1S/C30H28N8O2S/c1-19(35-31)36-37-28(20-5-3-2-4-6-20)21-10-13-38(14-11-21)30(39)26-16-23(9-12-32-26)29-34-25-15-22(7-8-27(25)40-29)24-17-33-41-18-24/h2-9,12,15-18,21,28H,10-11,13-14,31H2,1H3. The summed E-state index contributed by atoms with van der Waals surface area (Å²) in [5, 5.41) is 14.4. The minimum atomic E-state index is -0.137. The maximum absolute atomic E-state index is 13.5. The highest BCUT2D eigenvalue weighted by atomic mass is 32.1. The maximum atomic E-state index is 13.5. The molecule has 0 spiro atoms. The number of pyridine rings is 1.